The minimum atomic E-state index is -0.175. The van der Waals surface area contributed by atoms with E-state index >= 15 is 0 Å². The van der Waals surface area contributed by atoms with E-state index in [4.69, 9.17) is 0 Å². The lowest BCUT2D eigenvalue weighted by molar-refractivity contribution is -0.116. The van der Waals surface area contributed by atoms with Crippen LogP contribution in [0.4, 0.5) is 5.13 Å². The van der Waals surface area contributed by atoms with E-state index in [9.17, 15) is 9.59 Å². The molecule has 0 saturated carbocycles. The van der Waals surface area contributed by atoms with E-state index in [0.717, 1.165) is 28.8 Å². The number of pyridine rings is 1. The number of imidazole rings is 1. The molecule has 3 heterocycles. The first kappa shape index (κ1) is 19.1. The summed E-state index contributed by atoms with van der Waals surface area (Å²) in [4.78, 5) is 33.9. The molecule has 7 nitrogen and oxygen atoms in total. The Bertz CT molecular complexity index is 1190. The molecule has 0 saturated heterocycles. The Kier molecular flexibility index (Phi) is 5.53. The largest absolute Gasteiger partial charge is 0.329 e. The molecule has 29 heavy (non-hydrogen) atoms. The summed E-state index contributed by atoms with van der Waals surface area (Å²) in [6.07, 6.45) is 2.77. The second-order valence-electron chi connectivity index (χ2n) is 6.63. The maximum Gasteiger partial charge on any atom is 0.329 e. The van der Waals surface area contributed by atoms with Crippen molar-refractivity contribution in [1.82, 2.24) is 19.1 Å². The Morgan fingerprint density at radius 2 is 1.76 bits per heavy atom. The van der Waals surface area contributed by atoms with Gasteiger partial charge in [0.05, 0.1) is 16.7 Å². The zero-order valence-electron chi connectivity index (χ0n) is 16.0. The summed E-state index contributed by atoms with van der Waals surface area (Å²) in [6.45, 7) is 3.02. The smallest absolute Gasteiger partial charge is 0.302 e. The maximum absolute atomic E-state index is 12.8. The van der Waals surface area contributed by atoms with Crippen molar-refractivity contribution in [2.24, 2.45) is 0 Å². The van der Waals surface area contributed by atoms with Gasteiger partial charge in [-0.3, -0.25) is 18.9 Å². The van der Waals surface area contributed by atoms with Gasteiger partial charge in [0.25, 0.3) is 0 Å². The highest BCUT2D eigenvalue weighted by atomic mass is 32.1. The van der Waals surface area contributed by atoms with Gasteiger partial charge < -0.3 is 5.32 Å². The number of aryl methyl sites for hydroxylation is 2. The summed E-state index contributed by atoms with van der Waals surface area (Å²) in [5.41, 5.74) is 3.17. The van der Waals surface area contributed by atoms with Gasteiger partial charge in [0.1, 0.15) is 5.69 Å². The summed E-state index contributed by atoms with van der Waals surface area (Å²) in [7, 11) is 0. The predicted octanol–water partition coefficient (Wildman–Crippen LogP) is 3.76. The van der Waals surface area contributed by atoms with Gasteiger partial charge >= 0.3 is 5.69 Å². The van der Waals surface area contributed by atoms with Crippen LogP contribution in [0.25, 0.3) is 22.4 Å². The number of nitrogens with one attached hydrogen (secondary N) is 1. The van der Waals surface area contributed by atoms with Crippen LogP contribution in [0.5, 0.6) is 0 Å². The number of nitrogens with zero attached hydrogens (tertiary/aromatic N) is 4. The van der Waals surface area contributed by atoms with Crippen molar-refractivity contribution >= 4 is 33.4 Å². The quantitative estimate of drug-likeness (QED) is 0.506. The molecule has 8 heteroatoms. The monoisotopic (exact) mass is 407 g/mol. The van der Waals surface area contributed by atoms with E-state index in [-0.39, 0.29) is 18.0 Å². The minimum Gasteiger partial charge on any atom is -0.302 e. The second-order valence-corrected chi connectivity index (χ2v) is 7.48. The van der Waals surface area contributed by atoms with Crippen LogP contribution < -0.4 is 11.0 Å². The lowest BCUT2D eigenvalue weighted by Gasteiger charge is -2.04. The van der Waals surface area contributed by atoms with E-state index < -0.39 is 0 Å². The lowest BCUT2D eigenvalue weighted by atomic mass is 10.3. The molecule has 0 fully saturated rings. The molecule has 3 aromatic heterocycles. The molecule has 0 aliphatic carbocycles. The fraction of sp³-hybridized carbons (Fsp3) is 0.238. The van der Waals surface area contributed by atoms with Gasteiger partial charge in [-0.1, -0.05) is 25.1 Å². The molecular weight excluding hydrogens is 386 g/mol. The maximum atomic E-state index is 12.8. The van der Waals surface area contributed by atoms with Crippen molar-refractivity contribution in [3.8, 4) is 11.4 Å². The summed E-state index contributed by atoms with van der Waals surface area (Å²) in [6, 6.07) is 13.3. The van der Waals surface area contributed by atoms with Gasteiger partial charge in [0.2, 0.25) is 5.91 Å². The zero-order chi connectivity index (χ0) is 20.2. The molecule has 0 atom stereocenters. The van der Waals surface area contributed by atoms with Crippen LogP contribution in [0.1, 0.15) is 19.8 Å². The summed E-state index contributed by atoms with van der Waals surface area (Å²) in [5.74, 6) is -0.175. The Hall–Kier alpha value is -3.26. The summed E-state index contributed by atoms with van der Waals surface area (Å²) in [5, 5.41) is 5.21. The highest BCUT2D eigenvalue weighted by Crippen LogP contribution is 2.23. The van der Waals surface area contributed by atoms with Crippen molar-refractivity contribution in [2.45, 2.75) is 32.9 Å². The van der Waals surface area contributed by atoms with E-state index in [1.54, 1.807) is 15.3 Å². The normalized spacial score (nSPS) is 11.1. The number of carbonyl (C=O) groups excluding carboxylic acids is 1. The molecular formula is C21H21N5O2S. The molecule has 0 spiro atoms. The van der Waals surface area contributed by atoms with Crippen molar-refractivity contribution in [3.05, 3.63) is 64.5 Å². The van der Waals surface area contributed by atoms with Gasteiger partial charge in [-0.25, -0.2) is 9.78 Å². The SMILES string of the molecule is CCCn1c(=O)n(CCC(=O)Nc2nc(-c3ccccn3)cs2)c2ccccc21. The Morgan fingerprint density at radius 1 is 1.03 bits per heavy atom. The minimum absolute atomic E-state index is 0.0764. The number of fused-ring (bicyclic) bond motifs is 1. The third-order valence-electron chi connectivity index (χ3n) is 4.61. The number of hydrogen-bond donors (Lipinski definition) is 1. The number of anilines is 1. The fourth-order valence-corrected chi connectivity index (χ4v) is 4.01. The van der Waals surface area contributed by atoms with E-state index in [0.29, 0.717) is 18.2 Å². The summed E-state index contributed by atoms with van der Waals surface area (Å²) < 4.78 is 3.44. The average Bonchev–Trinajstić information content (AvgIpc) is 3.31. The van der Waals surface area contributed by atoms with Crippen LogP contribution in [0.2, 0.25) is 0 Å². The molecule has 0 aliphatic heterocycles. The number of para-hydroxylation sites is 2. The molecule has 4 aromatic rings. The Balaban J connectivity index is 1.46. The lowest BCUT2D eigenvalue weighted by Crippen LogP contribution is -2.26. The van der Waals surface area contributed by atoms with Crippen molar-refractivity contribution in [3.63, 3.8) is 0 Å². The van der Waals surface area contributed by atoms with Crippen molar-refractivity contribution in [1.29, 1.82) is 0 Å². The number of rotatable bonds is 7. The van der Waals surface area contributed by atoms with Gasteiger partial charge in [-0.05, 0) is 30.7 Å². The number of thiazole rings is 1. The van der Waals surface area contributed by atoms with Crippen LogP contribution in [0, 0.1) is 0 Å². The average molecular weight is 407 g/mol. The highest BCUT2D eigenvalue weighted by molar-refractivity contribution is 7.14. The Morgan fingerprint density at radius 3 is 2.45 bits per heavy atom. The number of carbonyl (C=O) groups is 1. The van der Waals surface area contributed by atoms with Crippen LogP contribution >= 0.6 is 11.3 Å². The molecule has 1 amide bonds. The van der Waals surface area contributed by atoms with Crippen molar-refractivity contribution < 1.29 is 4.79 Å². The molecule has 0 radical (unpaired) electrons. The van der Waals surface area contributed by atoms with Crippen molar-refractivity contribution in [2.75, 3.05) is 5.32 Å². The zero-order valence-corrected chi connectivity index (χ0v) is 16.9. The van der Waals surface area contributed by atoms with Crippen LogP contribution in [-0.2, 0) is 17.9 Å². The number of amides is 1. The van der Waals surface area contributed by atoms with Gasteiger partial charge in [0, 0.05) is 31.1 Å². The van der Waals surface area contributed by atoms with Gasteiger partial charge in [0.15, 0.2) is 5.13 Å². The molecule has 1 N–H and O–H groups in total. The third kappa shape index (κ3) is 3.97. The predicted molar refractivity (Wildman–Crippen MR) is 115 cm³/mol. The molecule has 148 valence electrons. The van der Waals surface area contributed by atoms with E-state index in [1.807, 2.05) is 54.8 Å². The third-order valence-corrected chi connectivity index (χ3v) is 5.37. The van der Waals surface area contributed by atoms with Gasteiger partial charge in [-0.2, -0.15) is 0 Å². The second kappa shape index (κ2) is 8.40. The first-order chi connectivity index (χ1) is 14.2. The van der Waals surface area contributed by atoms with E-state index in [2.05, 4.69) is 15.3 Å². The van der Waals surface area contributed by atoms with Crippen LogP contribution in [0.3, 0.4) is 0 Å². The number of aromatic nitrogens is 4. The van der Waals surface area contributed by atoms with E-state index in [1.165, 1.54) is 11.3 Å². The van der Waals surface area contributed by atoms with Crippen LogP contribution in [0.15, 0.2) is 58.8 Å². The number of benzene rings is 1. The Labute approximate surface area is 171 Å². The molecule has 4 rings (SSSR count). The molecule has 0 aliphatic rings. The molecule has 1 aromatic carbocycles. The standard InChI is InChI=1S/C21H21N5O2S/c1-2-12-25-17-8-3-4-9-18(17)26(21(25)28)13-10-19(27)24-20-23-16(14-29-20)15-7-5-6-11-22-15/h3-9,11,14H,2,10,12-13H2,1H3,(H,23,24,27). The molecule has 0 bridgehead atoms. The topological polar surface area (TPSA) is 81.8 Å². The molecule has 0 unspecified atom stereocenters. The first-order valence-corrected chi connectivity index (χ1v) is 10.4. The highest BCUT2D eigenvalue weighted by Gasteiger charge is 2.14. The first-order valence-electron chi connectivity index (χ1n) is 9.52. The van der Waals surface area contributed by atoms with Gasteiger partial charge in [-0.15, -0.1) is 11.3 Å². The number of hydrogen-bond acceptors (Lipinski definition) is 5. The fourth-order valence-electron chi connectivity index (χ4n) is 3.29. The summed E-state index contributed by atoms with van der Waals surface area (Å²) >= 11 is 1.36. The van der Waals surface area contributed by atoms with Crippen LogP contribution in [-0.4, -0.2) is 25.0 Å².